The molecular formula is C25H25N5O5S. The number of pyridine rings is 2. The normalized spacial score (nSPS) is 20.5. The summed E-state index contributed by atoms with van der Waals surface area (Å²) in [5.41, 5.74) is 4.14. The Hall–Kier alpha value is -3.57. The number of thioether (sulfide) groups is 1. The van der Waals surface area contributed by atoms with Gasteiger partial charge in [0.15, 0.2) is 0 Å². The molecule has 0 aliphatic carbocycles. The van der Waals surface area contributed by atoms with Crippen LogP contribution in [0.25, 0.3) is 11.0 Å². The second-order valence-electron chi connectivity index (χ2n) is 8.89. The van der Waals surface area contributed by atoms with Crippen LogP contribution in [0.1, 0.15) is 12.0 Å². The summed E-state index contributed by atoms with van der Waals surface area (Å²) in [5, 5.41) is 6.29. The quantitative estimate of drug-likeness (QED) is 0.466. The minimum Gasteiger partial charge on any atom is -0.487 e. The van der Waals surface area contributed by atoms with Crippen molar-refractivity contribution in [2.75, 3.05) is 42.7 Å². The molecule has 3 aliphatic rings. The molecule has 1 saturated heterocycles. The lowest BCUT2D eigenvalue weighted by atomic mass is 10.1. The fraction of sp³-hybridized carbons (Fsp3) is 0.360. The number of benzene rings is 1. The Bertz CT molecular complexity index is 1350. The van der Waals surface area contributed by atoms with E-state index in [4.69, 9.17) is 14.2 Å². The highest BCUT2D eigenvalue weighted by Gasteiger charge is 2.33. The summed E-state index contributed by atoms with van der Waals surface area (Å²) in [6, 6.07) is 9.36. The summed E-state index contributed by atoms with van der Waals surface area (Å²) in [6.07, 6.45) is 2.57. The molecule has 0 bridgehead atoms. The number of hydrogen-bond acceptors (Lipinski definition) is 9. The zero-order valence-electron chi connectivity index (χ0n) is 19.7. The first-order valence-electron chi connectivity index (χ1n) is 11.8. The van der Waals surface area contributed by atoms with E-state index in [1.54, 1.807) is 24.3 Å². The molecule has 10 nitrogen and oxygen atoms in total. The fourth-order valence-corrected chi connectivity index (χ4v) is 5.49. The number of hydrogen-bond donors (Lipinski definition) is 2. The Balaban J connectivity index is 1.01. The molecule has 0 radical (unpaired) electrons. The van der Waals surface area contributed by atoms with Crippen molar-refractivity contribution in [2.45, 2.75) is 29.9 Å². The van der Waals surface area contributed by atoms with Crippen LogP contribution in [-0.4, -0.2) is 66.7 Å². The molecule has 2 atom stereocenters. The molecule has 3 aromatic rings. The number of ether oxygens (including phenoxy) is 3. The highest BCUT2D eigenvalue weighted by atomic mass is 32.2. The third kappa shape index (κ3) is 4.40. The zero-order chi connectivity index (χ0) is 24.6. The first-order chi connectivity index (χ1) is 17.6. The van der Waals surface area contributed by atoms with E-state index < -0.39 is 0 Å². The van der Waals surface area contributed by atoms with Crippen molar-refractivity contribution < 1.29 is 23.8 Å². The third-order valence-electron chi connectivity index (χ3n) is 6.48. The molecule has 2 N–H and O–H groups in total. The molecule has 186 valence electrons. The van der Waals surface area contributed by atoms with Gasteiger partial charge in [0.2, 0.25) is 11.8 Å². The molecule has 36 heavy (non-hydrogen) atoms. The molecular weight excluding hydrogens is 482 g/mol. The number of nitrogens with zero attached hydrogens (tertiary/aromatic N) is 3. The van der Waals surface area contributed by atoms with Gasteiger partial charge in [-0.3, -0.25) is 14.7 Å². The van der Waals surface area contributed by atoms with Gasteiger partial charge in [-0.2, -0.15) is 0 Å². The average Bonchev–Trinajstić information content (AvgIpc) is 3.48. The second-order valence-corrected chi connectivity index (χ2v) is 9.91. The predicted octanol–water partition coefficient (Wildman–Crippen LogP) is 2.99. The lowest BCUT2D eigenvalue weighted by Crippen LogP contribution is -2.32. The largest absolute Gasteiger partial charge is 0.487 e. The number of fused-ring (bicyclic) bond motifs is 4. The molecule has 1 fully saturated rings. The van der Waals surface area contributed by atoms with Crippen LogP contribution in [0, 0.1) is 0 Å². The van der Waals surface area contributed by atoms with Crippen LogP contribution in [0.3, 0.4) is 0 Å². The minimum atomic E-state index is -0.369. The maximum absolute atomic E-state index is 12.5. The Morgan fingerprint density at radius 3 is 3.03 bits per heavy atom. The lowest BCUT2D eigenvalue weighted by Gasteiger charge is -2.20. The Kier molecular flexibility index (Phi) is 6.02. The average molecular weight is 508 g/mol. The van der Waals surface area contributed by atoms with Gasteiger partial charge in [0.05, 0.1) is 42.3 Å². The highest BCUT2D eigenvalue weighted by Crippen LogP contribution is 2.36. The van der Waals surface area contributed by atoms with Crippen LogP contribution in [0.5, 0.6) is 11.6 Å². The standard InChI is InChI=1S/C25H25N5O5S/c1-33-23-5-3-18-24(29-23)17-9-16(34-20(17)11-27-18)10-26-7-6-15-12-30(25(32)35-15)14-2-4-21-19(8-14)28-22(31)13-36-21/h2-5,8,11,15-16,26H,6-7,9-10,12-13H2,1H3,(H,28,31)/t15-,16?/m1/s1. The van der Waals surface area contributed by atoms with Gasteiger partial charge in [-0.25, -0.2) is 9.78 Å². The number of rotatable bonds is 7. The van der Waals surface area contributed by atoms with Gasteiger partial charge in [-0.05, 0) is 37.2 Å². The monoisotopic (exact) mass is 507 g/mol. The third-order valence-corrected chi connectivity index (χ3v) is 7.56. The number of anilines is 2. The van der Waals surface area contributed by atoms with Gasteiger partial charge in [0.25, 0.3) is 0 Å². The summed E-state index contributed by atoms with van der Waals surface area (Å²) in [5.74, 6) is 1.69. The van der Waals surface area contributed by atoms with Gasteiger partial charge >= 0.3 is 6.09 Å². The van der Waals surface area contributed by atoms with E-state index in [-0.39, 0.29) is 24.2 Å². The number of cyclic esters (lactones) is 1. The predicted molar refractivity (Wildman–Crippen MR) is 135 cm³/mol. The van der Waals surface area contributed by atoms with Crippen LogP contribution >= 0.6 is 11.8 Å². The molecule has 3 aliphatic heterocycles. The number of methoxy groups -OCH3 is 1. The summed E-state index contributed by atoms with van der Waals surface area (Å²) < 4.78 is 16.9. The summed E-state index contributed by atoms with van der Waals surface area (Å²) in [6.45, 7) is 1.81. The SMILES string of the molecule is COc1ccc2ncc3c(c2n1)CC(CNCC[C@@H]1CN(c2ccc4c(c2)NC(=O)CS4)C(=O)O1)O3. The molecule has 0 spiro atoms. The number of aromatic nitrogens is 2. The molecule has 11 heteroatoms. The number of carbonyl (C=O) groups is 2. The van der Waals surface area contributed by atoms with E-state index in [1.807, 2.05) is 24.3 Å². The van der Waals surface area contributed by atoms with Gasteiger partial charge in [-0.15, -0.1) is 11.8 Å². The number of carbonyl (C=O) groups excluding carboxylic acids is 2. The smallest absolute Gasteiger partial charge is 0.414 e. The molecule has 0 saturated carbocycles. The molecule has 2 amide bonds. The van der Waals surface area contributed by atoms with Gasteiger partial charge in [0.1, 0.15) is 18.0 Å². The number of nitrogens with one attached hydrogen (secondary N) is 2. The molecule has 1 unspecified atom stereocenters. The van der Waals surface area contributed by atoms with Crippen LogP contribution in [0.15, 0.2) is 41.4 Å². The molecule has 5 heterocycles. The topological polar surface area (TPSA) is 115 Å². The maximum Gasteiger partial charge on any atom is 0.414 e. The van der Waals surface area contributed by atoms with Gasteiger partial charge in [0, 0.05) is 35.2 Å². The zero-order valence-corrected chi connectivity index (χ0v) is 20.5. The van der Waals surface area contributed by atoms with Crippen molar-refractivity contribution in [1.82, 2.24) is 15.3 Å². The van der Waals surface area contributed by atoms with Crippen LogP contribution in [-0.2, 0) is 16.0 Å². The lowest BCUT2D eigenvalue weighted by molar-refractivity contribution is -0.113. The first kappa shape index (κ1) is 22.9. The van der Waals surface area contributed by atoms with E-state index in [9.17, 15) is 9.59 Å². The van der Waals surface area contributed by atoms with E-state index in [0.717, 1.165) is 45.0 Å². The van der Waals surface area contributed by atoms with Crippen molar-refractivity contribution >= 4 is 46.2 Å². The molecule has 1 aromatic carbocycles. The summed E-state index contributed by atoms with van der Waals surface area (Å²) >= 11 is 1.49. The van der Waals surface area contributed by atoms with Crippen molar-refractivity contribution in [3.8, 4) is 11.6 Å². The van der Waals surface area contributed by atoms with Gasteiger partial charge in [-0.1, -0.05) is 0 Å². The second kappa shape index (κ2) is 9.47. The van der Waals surface area contributed by atoms with Crippen molar-refractivity contribution in [1.29, 1.82) is 0 Å². The van der Waals surface area contributed by atoms with Crippen LogP contribution in [0.2, 0.25) is 0 Å². The maximum atomic E-state index is 12.5. The van der Waals surface area contributed by atoms with E-state index >= 15 is 0 Å². The van der Waals surface area contributed by atoms with E-state index in [1.165, 1.54) is 11.8 Å². The van der Waals surface area contributed by atoms with Crippen LogP contribution < -0.4 is 25.0 Å². The van der Waals surface area contributed by atoms with Crippen LogP contribution in [0.4, 0.5) is 16.2 Å². The van der Waals surface area contributed by atoms with E-state index in [0.29, 0.717) is 37.7 Å². The van der Waals surface area contributed by atoms with Crippen molar-refractivity contribution in [3.63, 3.8) is 0 Å². The Morgan fingerprint density at radius 2 is 2.14 bits per heavy atom. The fourth-order valence-electron chi connectivity index (χ4n) is 4.71. The number of amides is 2. The highest BCUT2D eigenvalue weighted by molar-refractivity contribution is 8.00. The van der Waals surface area contributed by atoms with Gasteiger partial charge < -0.3 is 24.8 Å². The van der Waals surface area contributed by atoms with Crippen molar-refractivity contribution in [3.05, 3.63) is 42.1 Å². The summed E-state index contributed by atoms with van der Waals surface area (Å²) in [4.78, 5) is 35.8. The Labute approximate surface area is 211 Å². The molecule has 2 aromatic heterocycles. The first-order valence-corrected chi connectivity index (χ1v) is 12.8. The Morgan fingerprint density at radius 1 is 1.22 bits per heavy atom. The minimum absolute atomic E-state index is 0.0217. The molecule has 6 rings (SSSR count). The summed E-state index contributed by atoms with van der Waals surface area (Å²) in [7, 11) is 1.60. The van der Waals surface area contributed by atoms with E-state index in [2.05, 4.69) is 20.6 Å². The van der Waals surface area contributed by atoms with Crippen molar-refractivity contribution in [2.24, 2.45) is 0 Å².